The van der Waals surface area contributed by atoms with Crippen molar-refractivity contribution in [2.24, 2.45) is 0 Å². The number of nitrogens with zero attached hydrogens (tertiary/aromatic N) is 1. The SMILES string of the molecule is COC(=O)C1=C(C(=O)OC)C(C(=O)OC)N2C(=C1C(=O)OC)Sc1ccccc12. The van der Waals surface area contributed by atoms with Gasteiger partial charge in [-0.2, -0.15) is 0 Å². The molecule has 0 fully saturated rings. The number of carbonyl (C=O) groups is 4. The highest BCUT2D eigenvalue weighted by atomic mass is 32.2. The van der Waals surface area contributed by atoms with Gasteiger partial charge in [0.2, 0.25) is 0 Å². The first-order valence-electron chi connectivity index (χ1n) is 8.28. The normalized spacial score (nSPS) is 17.4. The van der Waals surface area contributed by atoms with Crippen LogP contribution in [0, 0.1) is 0 Å². The maximum atomic E-state index is 12.7. The molecule has 0 aromatic heterocycles. The van der Waals surface area contributed by atoms with Crippen molar-refractivity contribution < 1.29 is 38.1 Å². The number of hydrogen-bond donors (Lipinski definition) is 0. The summed E-state index contributed by atoms with van der Waals surface area (Å²) in [5.74, 6) is -3.64. The number of fused-ring (bicyclic) bond motifs is 3. The van der Waals surface area contributed by atoms with E-state index in [2.05, 4.69) is 0 Å². The van der Waals surface area contributed by atoms with E-state index in [0.29, 0.717) is 10.6 Å². The zero-order valence-corrected chi connectivity index (χ0v) is 16.8. The van der Waals surface area contributed by atoms with Gasteiger partial charge >= 0.3 is 23.9 Å². The molecule has 0 saturated heterocycles. The molecule has 2 heterocycles. The molecular weight excluding hydrogens is 402 g/mol. The number of rotatable bonds is 4. The van der Waals surface area contributed by atoms with Crippen molar-refractivity contribution in [3.8, 4) is 0 Å². The van der Waals surface area contributed by atoms with E-state index in [9.17, 15) is 19.2 Å². The Balaban J connectivity index is 2.43. The second kappa shape index (κ2) is 8.00. The molecule has 10 heteroatoms. The quantitative estimate of drug-likeness (QED) is 0.521. The zero-order chi connectivity index (χ0) is 21.3. The van der Waals surface area contributed by atoms with Crippen molar-refractivity contribution in [3.63, 3.8) is 0 Å². The molecule has 1 unspecified atom stereocenters. The number of para-hydroxylation sites is 1. The second-order valence-corrected chi connectivity index (χ2v) is 6.84. The Bertz CT molecular complexity index is 980. The van der Waals surface area contributed by atoms with Gasteiger partial charge in [0.25, 0.3) is 0 Å². The highest BCUT2D eigenvalue weighted by Gasteiger charge is 2.51. The van der Waals surface area contributed by atoms with Gasteiger partial charge in [-0.1, -0.05) is 23.9 Å². The highest BCUT2D eigenvalue weighted by Crippen LogP contribution is 2.53. The van der Waals surface area contributed by atoms with Crippen LogP contribution in [-0.2, 0) is 38.1 Å². The number of carbonyl (C=O) groups excluding carboxylic acids is 4. The summed E-state index contributed by atoms with van der Waals surface area (Å²) in [5.41, 5.74) is -0.392. The van der Waals surface area contributed by atoms with Gasteiger partial charge in [0.1, 0.15) is 5.57 Å². The van der Waals surface area contributed by atoms with Crippen LogP contribution in [0.3, 0.4) is 0 Å². The Morgan fingerprint density at radius 2 is 1.41 bits per heavy atom. The Morgan fingerprint density at radius 3 is 2.00 bits per heavy atom. The topological polar surface area (TPSA) is 108 Å². The second-order valence-electron chi connectivity index (χ2n) is 5.81. The number of ether oxygens (including phenoxy) is 4. The van der Waals surface area contributed by atoms with E-state index in [1.807, 2.05) is 0 Å². The first-order chi connectivity index (χ1) is 13.9. The lowest BCUT2D eigenvalue weighted by atomic mass is 9.90. The predicted octanol–water partition coefficient (Wildman–Crippen LogP) is 1.18. The minimum Gasteiger partial charge on any atom is -0.467 e. The fourth-order valence-electron chi connectivity index (χ4n) is 3.20. The van der Waals surface area contributed by atoms with Crippen molar-refractivity contribution in [1.82, 2.24) is 0 Å². The summed E-state index contributed by atoms with van der Waals surface area (Å²) in [7, 11) is 4.50. The predicted molar refractivity (Wildman–Crippen MR) is 101 cm³/mol. The van der Waals surface area contributed by atoms with E-state index >= 15 is 0 Å². The minimum atomic E-state index is -1.36. The van der Waals surface area contributed by atoms with Crippen molar-refractivity contribution in [2.45, 2.75) is 10.9 Å². The molecule has 0 bridgehead atoms. The zero-order valence-electron chi connectivity index (χ0n) is 16.0. The van der Waals surface area contributed by atoms with E-state index in [4.69, 9.17) is 18.9 Å². The number of methoxy groups -OCH3 is 4. The summed E-state index contributed by atoms with van der Waals surface area (Å²) >= 11 is 1.16. The Kier molecular flexibility index (Phi) is 5.64. The van der Waals surface area contributed by atoms with Gasteiger partial charge in [-0.3, -0.25) is 0 Å². The molecule has 1 aromatic rings. The molecule has 3 rings (SSSR count). The summed E-state index contributed by atoms with van der Waals surface area (Å²) in [4.78, 5) is 52.9. The Morgan fingerprint density at radius 1 is 0.828 bits per heavy atom. The van der Waals surface area contributed by atoms with Gasteiger partial charge in [-0.15, -0.1) is 0 Å². The summed E-state index contributed by atoms with van der Waals surface area (Å²) in [6.07, 6.45) is 0. The van der Waals surface area contributed by atoms with E-state index in [1.54, 1.807) is 24.3 Å². The summed E-state index contributed by atoms with van der Waals surface area (Å²) < 4.78 is 19.4. The van der Waals surface area contributed by atoms with Gasteiger partial charge in [0.15, 0.2) is 6.04 Å². The lowest BCUT2D eigenvalue weighted by molar-refractivity contribution is -0.145. The fourth-order valence-corrected chi connectivity index (χ4v) is 4.42. The molecule has 9 nitrogen and oxygen atoms in total. The third-order valence-corrected chi connectivity index (χ3v) is 5.58. The molecule has 0 radical (unpaired) electrons. The van der Waals surface area contributed by atoms with Crippen molar-refractivity contribution >= 4 is 41.3 Å². The summed E-state index contributed by atoms with van der Waals surface area (Å²) in [6, 6.07) is 5.67. The maximum Gasteiger partial charge on any atom is 0.341 e. The minimum absolute atomic E-state index is 0.193. The summed E-state index contributed by atoms with van der Waals surface area (Å²) in [5, 5.41) is 0.251. The van der Waals surface area contributed by atoms with Crippen LogP contribution in [0.2, 0.25) is 0 Å². The molecule has 0 saturated carbocycles. The fraction of sp³-hybridized carbons (Fsp3) is 0.263. The molecule has 0 aliphatic carbocycles. The van der Waals surface area contributed by atoms with Gasteiger partial charge < -0.3 is 23.8 Å². The third-order valence-electron chi connectivity index (χ3n) is 4.42. The summed E-state index contributed by atoms with van der Waals surface area (Å²) in [6.45, 7) is 0. The standard InChI is InChI=1S/C19H17NO8S/c1-25-16(21)11-12(17(22)26-2)14(19(24)28-4)20-9-7-5-6-8-10(9)29-15(20)13(11)18(23)27-3/h5-8,14H,1-4H3. The lowest BCUT2D eigenvalue weighted by Crippen LogP contribution is -2.48. The number of thioether (sulfide) groups is 1. The monoisotopic (exact) mass is 419 g/mol. The van der Waals surface area contributed by atoms with Crippen molar-refractivity contribution in [1.29, 1.82) is 0 Å². The average molecular weight is 419 g/mol. The van der Waals surface area contributed by atoms with Crippen molar-refractivity contribution in [2.75, 3.05) is 33.3 Å². The van der Waals surface area contributed by atoms with Crippen LogP contribution in [0.4, 0.5) is 5.69 Å². The highest BCUT2D eigenvalue weighted by molar-refractivity contribution is 8.03. The molecular formula is C19H17NO8S. The number of esters is 4. The number of hydrogen-bond acceptors (Lipinski definition) is 10. The first kappa shape index (κ1) is 20.5. The van der Waals surface area contributed by atoms with Gasteiger partial charge in [-0.05, 0) is 12.1 Å². The van der Waals surface area contributed by atoms with Crippen LogP contribution in [-0.4, -0.2) is 58.4 Å². The maximum absolute atomic E-state index is 12.7. The van der Waals surface area contributed by atoms with E-state index in [0.717, 1.165) is 40.2 Å². The van der Waals surface area contributed by atoms with Crippen LogP contribution >= 0.6 is 11.8 Å². The average Bonchev–Trinajstić information content (AvgIpc) is 3.14. The molecule has 0 spiro atoms. The van der Waals surface area contributed by atoms with E-state index in [1.165, 1.54) is 4.90 Å². The van der Waals surface area contributed by atoms with Crippen LogP contribution in [0.5, 0.6) is 0 Å². The molecule has 29 heavy (non-hydrogen) atoms. The molecule has 0 amide bonds. The van der Waals surface area contributed by atoms with E-state index in [-0.39, 0.29) is 16.2 Å². The first-order valence-corrected chi connectivity index (χ1v) is 9.10. The number of anilines is 1. The molecule has 152 valence electrons. The smallest absolute Gasteiger partial charge is 0.341 e. The Labute approximate surface area is 170 Å². The van der Waals surface area contributed by atoms with E-state index < -0.39 is 35.5 Å². The molecule has 2 aliphatic heterocycles. The van der Waals surface area contributed by atoms with Gasteiger partial charge in [0.05, 0.1) is 50.3 Å². The van der Waals surface area contributed by atoms with Crippen molar-refractivity contribution in [3.05, 3.63) is 46.0 Å². The molecule has 2 aliphatic rings. The Hall–Kier alpha value is -3.27. The van der Waals surface area contributed by atoms with Gasteiger partial charge in [-0.25, -0.2) is 19.2 Å². The van der Waals surface area contributed by atoms with Crippen LogP contribution in [0.15, 0.2) is 50.9 Å². The molecule has 1 atom stereocenters. The van der Waals surface area contributed by atoms with Crippen LogP contribution in [0.1, 0.15) is 0 Å². The molecule has 1 aromatic carbocycles. The van der Waals surface area contributed by atoms with Crippen LogP contribution in [0.25, 0.3) is 0 Å². The number of benzene rings is 1. The lowest BCUT2D eigenvalue weighted by Gasteiger charge is -2.35. The van der Waals surface area contributed by atoms with Gasteiger partial charge in [0, 0.05) is 4.90 Å². The molecule has 0 N–H and O–H groups in total. The van der Waals surface area contributed by atoms with Crippen LogP contribution < -0.4 is 4.90 Å². The largest absolute Gasteiger partial charge is 0.467 e. The third kappa shape index (κ3) is 3.15.